The van der Waals surface area contributed by atoms with Gasteiger partial charge in [-0.1, -0.05) is 23.7 Å². The van der Waals surface area contributed by atoms with Crippen molar-refractivity contribution in [1.82, 2.24) is 10.4 Å². The van der Waals surface area contributed by atoms with Crippen molar-refractivity contribution in [2.24, 2.45) is 5.92 Å². The Balaban J connectivity index is 2.06. The summed E-state index contributed by atoms with van der Waals surface area (Å²) < 4.78 is 0. The number of halogens is 1. The maximum Gasteiger partial charge on any atom is 0.308 e. The standard InChI is InChI=1S/C12H11ClN2O4/c13-9-4-2-1-3-8(9)11(17)14-15-6-7(12(18)19)5-10(15)16/h1-4,7H,5-6H2,(H,14,17)(H,18,19). The molecule has 100 valence electrons. The van der Waals surface area contributed by atoms with E-state index in [1.54, 1.807) is 18.2 Å². The normalized spacial score (nSPS) is 18.5. The van der Waals surface area contributed by atoms with Gasteiger partial charge in [-0.15, -0.1) is 0 Å². The second-order valence-corrected chi connectivity index (χ2v) is 4.57. The SMILES string of the molecule is O=C(NN1CC(C(=O)O)CC1=O)c1ccccc1Cl. The lowest BCUT2D eigenvalue weighted by Crippen LogP contribution is -2.43. The lowest BCUT2D eigenvalue weighted by atomic mass is 10.1. The van der Waals surface area contributed by atoms with Crippen LogP contribution >= 0.6 is 11.6 Å². The Labute approximate surface area is 113 Å². The Bertz CT molecular complexity index is 546. The van der Waals surface area contributed by atoms with Crippen LogP contribution in [0.5, 0.6) is 0 Å². The quantitative estimate of drug-likeness (QED) is 0.863. The molecule has 1 unspecified atom stereocenters. The number of hydrogen-bond donors (Lipinski definition) is 2. The van der Waals surface area contributed by atoms with Gasteiger partial charge in [-0.3, -0.25) is 24.8 Å². The lowest BCUT2D eigenvalue weighted by Gasteiger charge is -2.17. The number of carbonyl (C=O) groups is 3. The summed E-state index contributed by atoms with van der Waals surface area (Å²) in [6.45, 7) is -0.0373. The van der Waals surface area contributed by atoms with E-state index in [-0.39, 0.29) is 23.6 Å². The highest BCUT2D eigenvalue weighted by Crippen LogP contribution is 2.18. The molecule has 1 aliphatic heterocycles. The first-order valence-corrected chi connectivity index (χ1v) is 5.95. The molecular formula is C12H11ClN2O4. The van der Waals surface area contributed by atoms with Crippen LogP contribution in [0.25, 0.3) is 0 Å². The number of hydrazine groups is 1. The van der Waals surface area contributed by atoms with Crippen molar-refractivity contribution < 1.29 is 19.5 Å². The van der Waals surface area contributed by atoms with E-state index >= 15 is 0 Å². The van der Waals surface area contributed by atoms with Gasteiger partial charge in [0, 0.05) is 6.42 Å². The molecule has 2 amide bonds. The minimum absolute atomic E-state index is 0.0373. The van der Waals surface area contributed by atoms with Gasteiger partial charge >= 0.3 is 5.97 Å². The Morgan fingerprint density at radius 2 is 2.05 bits per heavy atom. The van der Waals surface area contributed by atoms with Gasteiger partial charge < -0.3 is 5.11 Å². The van der Waals surface area contributed by atoms with Crippen LogP contribution in [-0.4, -0.2) is 34.4 Å². The molecule has 6 nitrogen and oxygen atoms in total. The molecule has 0 radical (unpaired) electrons. The van der Waals surface area contributed by atoms with E-state index < -0.39 is 23.7 Å². The molecule has 1 aromatic rings. The Morgan fingerprint density at radius 1 is 1.37 bits per heavy atom. The third-order valence-electron chi connectivity index (χ3n) is 2.83. The summed E-state index contributed by atoms with van der Waals surface area (Å²) in [5.74, 6) is -2.81. The zero-order valence-corrected chi connectivity index (χ0v) is 10.6. The number of carboxylic acid groups (broad SMARTS) is 1. The maximum absolute atomic E-state index is 11.9. The molecule has 0 spiro atoms. The number of carbonyl (C=O) groups excluding carboxylic acids is 2. The minimum atomic E-state index is -1.05. The van der Waals surface area contributed by atoms with Crippen molar-refractivity contribution in [3.05, 3.63) is 34.9 Å². The van der Waals surface area contributed by atoms with Gasteiger partial charge in [-0.2, -0.15) is 0 Å². The summed E-state index contributed by atoms with van der Waals surface area (Å²) >= 11 is 5.86. The van der Waals surface area contributed by atoms with Crippen LogP contribution in [0.1, 0.15) is 16.8 Å². The first-order chi connectivity index (χ1) is 8.99. The van der Waals surface area contributed by atoms with E-state index in [0.29, 0.717) is 0 Å². The van der Waals surface area contributed by atoms with E-state index in [2.05, 4.69) is 5.43 Å². The third-order valence-corrected chi connectivity index (χ3v) is 3.16. The molecule has 1 aliphatic rings. The van der Waals surface area contributed by atoms with Gasteiger partial charge in [0.1, 0.15) is 0 Å². The highest BCUT2D eigenvalue weighted by Gasteiger charge is 2.35. The predicted octanol–water partition coefficient (Wildman–Crippen LogP) is 0.918. The van der Waals surface area contributed by atoms with Crippen molar-refractivity contribution >= 4 is 29.4 Å². The summed E-state index contributed by atoms with van der Waals surface area (Å²) in [5.41, 5.74) is 2.60. The summed E-state index contributed by atoms with van der Waals surface area (Å²) in [7, 11) is 0. The highest BCUT2D eigenvalue weighted by atomic mass is 35.5. The second-order valence-electron chi connectivity index (χ2n) is 4.16. The molecule has 0 saturated carbocycles. The zero-order chi connectivity index (χ0) is 14.0. The van der Waals surface area contributed by atoms with Gasteiger partial charge in [-0.25, -0.2) is 0 Å². The molecule has 2 rings (SSSR count). The van der Waals surface area contributed by atoms with E-state index in [9.17, 15) is 14.4 Å². The van der Waals surface area contributed by atoms with Gasteiger partial charge in [-0.05, 0) is 12.1 Å². The minimum Gasteiger partial charge on any atom is -0.481 e. The smallest absolute Gasteiger partial charge is 0.308 e. The first-order valence-electron chi connectivity index (χ1n) is 5.57. The molecule has 19 heavy (non-hydrogen) atoms. The Kier molecular flexibility index (Phi) is 3.71. The number of benzene rings is 1. The average Bonchev–Trinajstić information content (AvgIpc) is 2.71. The van der Waals surface area contributed by atoms with Crippen LogP contribution in [0.15, 0.2) is 24.3 Å². The van der Waals surface area contributed by atoms with Crippen molar-refractivity contribution in [1.29, 1.82) is 0 Å². The van der Waals surface area contributed by atoms with Crippen molar-refractivity contribution in [3.63, 3.8) is 0 Å². The molecule has 2 N–H and O–H groups in total. The van der Waals surface area contributed by atoms with E-state index in [4.69, 9.17) is 16.7 Å². The van der Waals surface area contributed by atoms with Gasteiger partial charge in [0.05, 0.1) is 23.0 Å². The van der Waals surface area contributed by atoms with E-state index in [0.717, 1.165) is 5.01 Å². The number of nitrogens with one attached hydrogen (secondary N) is 1. The number of nitrogens with zero attached hydrogens (tertiary/aromatic N) is 1. The molecule has 1 atom stereocenters. The summed E-state index contributed by atoms with van der Waals surface area (Å²) in [5, 5.41) is 10.1. The molecule has 0 bridgehead atoms. The van der Waals surface area contributed by atoms with Gasteiger partial charge in [0.25, 0.3) is 5.91 Å². The highest BCUT2D eigenvalue weighted by molar-refractivity contribution is 6.33. The third kappa shape index (κ3) is 2.85. The van der Waals surface area contributed by atoms with Crippen molar-refractivity contribution in [2.75, 3.05) is 6.54 Å². The zero-order valence-electron chi connectivity index (χ0n) is 9.80. The molecular weight excluding hydrogens is 272 g/mol. The van der Waals surface area contributed by atoms with Crippen LogP contribution in [-0.2, 0) is 9.59 Å². The fraction of sp³-hybridized carbons (Fsp3) is 0.250. The summed E-state index contributed by atoms with van der Waals surface area (Å²) in [6.07, 6.45) is -0.113. The van der Waals surface area contributed by atoms with Gasteiger partial charge in [0.2, 0.25) is 5.91 Å². The second kappa shape index (κ2) is 5.27. The molecule has 1 fully saturated rings. The lowest BCUT2D eigenvalue weighted by molar-refractivity contribution is -0.141. The number of amides is 2. The molecule has 1 aromatic carbocycles. The molecule has 1 saturated heterocycles. The number of hydrogen-bond acceptors (Lipinski definition) is 3. The van der Waals surface area contributed by atoms with Crippen LogP contribution in [0.3, 0.4) is 0 Å². The topological polar surface area (TPSA) is 86.7 Å². The maximum atomic E-state index is 11.9. The molecule has 0 aliphatic carbocycles. The Hall–Kier alpha value is -2.08. The Morgan fingerprint density at radius 3 is 2.63 bits per heavy atom. The van der Waals surface area contributed by atoms with Crippen LogP contribution < -0.4 is 5.43 Å². The fourth-order valence-corrected chi connectivity index (χ4v) is 2.03. The van der Waals surface area contributed by atoms with Crippen molar-refractivity contribution in [2.45, 2.75) is 6.42 Å². The fourth-order valence-electron chi connectivity index (χ4n) is 1.81. The number of rotatable bonds is 3. The van der Waals surface area contributed by atoms with Crippen LogP contribution in [0.4, 0.5) is 0 Å². The van der Waals surface area contributed by atoms with Gasteiger partial charge in [0.15, 0.2) is 0 Å². The molecule has 0 aromatic heterocycles. The number of carboxylic acids is 1. The van der Waals surface area contributed by atoms with Crippen molar-refractivity contribution in [3.8, 4) is 0 Å². The average molecular weight is 283 g/mol. The number of aliphatic carboxylic acids is 1. The predicted molar refractivity (Wildman–Crippen MR) is 66.4 cm³/mol. The summed E-state index contributed by atoms with van der Waals surface area (Å²) in [6, 6.07) is 6.41. The van der Waals surface area contributed by atoms with E-state index in [1.807, 2.05) is 0 Å². The largest absolute Gasteiger partial charge is 0.481 e. The van der Waals surface area contributed by atoms with Crippen LogP contribution in [0.2, 0.25) is 5.02 Å². The van der Waals surface area contributed by atoms with Crippen LogP contribution in [0, 0.1) is 5.92 Å². The molecule has 7 heteroatoms. The monoisotopic (exact) mass is 282 g/mol. The van der Waals surface area contributed by atoms with E-state index in [1.165, 1.54) is 6.07 Å². The first kappa shape index (κ1) is 13.4. The molecule has 1 heterocycles. The summed E-state index contributed by atoms with van der Waals surface area (Å²) in [4.78, 5) is 34.3.